The average molecular weight is 373 g/mol. The highest BCUT2D eigenvalue weighted by Crippen LogP contribution is 2.54. The number of unbranched alkanes of at least 4 members (excludes halogenated alkanes) is 1. The van der Waals surface area contributed by atoms with Crippen molar-refractivity contribution >= 4 is 0 Å². The first kappa shape index (κ1) is 19.2. The molecule has 148 valence electrons. The molecule has 0 amide bonds. The van der Waals surface area contributed by atoms with Crippen LogP contribution in [0.2, 0.25) is 0 Å². The van der Waals surface area contributed by atoms with E-state index in [0.29, 0.717) is 5.92 Å². The number of rotatable bonds is 4. The Kier molecular flexibility index (Phi) is 5.99. The number of allylic oxidation sites excluding steroid dienone is 2. The summed E-state index contributed by atoms with van der Waals surface area (Å²) in [5.74, 6) is 3.75. The Morgan fingerprint density at radius 2 is 1.52 bits per heavy atom. The van der Waals surface area contributed by atoms with Crippen LogP contribution in [0.5, 0.6) is 0 Å². The molecule has 3 fully saturated rings. The number of fused-ring (bicyclic) bond motifs is 3. The number of halogens is 2. The molecule has 0 nitrogen and oxygen atoms in total. The molecule has 6 atom stereocenters. The number of benzene rings is 1. The van der Waals surface area contributed by atoms with Crippen molar-refractivity contribution in [1.29, 1.82) is 0 Å². The summed E-state index contributed by atoms with van der Waals surface area (Å²) in [6.45, 7) is 2.25. The Bertz CT molecular complexity index is 644. The van der Waals surface area contributed by atoms with E-state index in [-0.39, 0.29) is 0 Å². The standard InChI is InChI=1S/C25H34F2/c1-2-3-4-5-17-6-10-24-19(12-17)7-8-20-13-18(9-11-25(20)24)21-14-22(26)16-23(27)15-21/h4-5,14-20,24-25H,2-3,6-13H2,1H3/t17-,18-,19-,20+,24+,25+/m1/s1. The summed E-state index contributed by atoms with van der Waals surface area (Å²) in [5.41, 5.74) is 0.887. The van der Waals surface area contributed by atoms with Crippen LogP contribution >= 0.6 is 0 Å². The molecule has 1 aromatic rings. The van der Waals surface area contributed by atoms with Crippen LogP contribution in [0.3, 0.4) is 0 Å². The molecule has 3 aliphatic rings. The predicted molar refractivity (Wildman–Crippen MR) is 108 cm³/mol. The maximum atomic E-state index is 13.6. The minimum Gasteiger partial charge on any atom is -0.207 e. The zero-order valence-electron chi connectivity index (χ0n) is 16.7. The topological polar surface area (TPSA) is 0 Å². The zero-order valence-corrected chi connectivity index (χ0v) is 16.7. The first-order chi connectivity index (χ1) is 13.1. The van der Waals surface area contributed by atoms with Crippen LogP contribution in [-0.4, -0.2) is 0 Å². The van der Waals surface area contributed by atoms with Crippen molar-refractivity contribution in [2.75, 3.05) is 0 Å². The molecule has 0 unspecified atom stereocenters. The molecule has 2 heteroatoms. The highest BCUT2D eigenvalue weighted by atomic mass is 19.1. The first-order valence-corrected chi connectivity index (χ1v) is 11.3. The molecule has 0 radical (unpaired) electrons. The maximum Gasteiger partial charge on any atom is 0.126 e. The summed E-state index contributed by atoms with van der Waals surface area (Å²) >= 11 is 0. The summed E-state index contributed by atoms with van der Waals surface area (Å²) in [6.07, 6.45) is 17.7. The molecule has 0 bridgehead atoms. The van der Waals surface area contributed by atoms with Gasteiger partial charge >= 0.3 is 0 Å². The van der Waals surface area contributed by atoms with E-state index in [1.54, 1.807) is 12.1 Å². The van der Waals surface area contributed by atoms with Gasteiger partial charge in [-0.3, -0.25) is 0 Å². The fraction of sp³-hybridized carbons (Fsp3) is 0.680. The van der Waals surface area contributed by atoms with Crippen LogP contribution in [0, 0.1) is 41.2 Å². The van der Waals surface area contributed by atoms with Gasteiger partial charge < -0.3 is 0 Å². The quantitative estimate of drug-likeness (QED) is 0.476. The molecule has 3 saturated carbocycles. The number of hydrogen-bond acceptors (Lipinski definition) is 0. The molecule has 0 spiro atoms. The van der Waals surface area contributed by atoms with E-state index in [1.165, 1.54) is 51.4 Å². The second-order valence-electron chi connectivity index (χ2n) is 9.43. The fourth-order valence-corrected chi connectivity index (χ4v) is 6.57. The lowest BCUT2D eigenvalue weighted by Gasteiger charge is -2.50. The van der Waals surface area contributed by atoms with Crippen molar-refractivity contribution in [3.05, 3.63) is 47.5 Å². The Balaban J connectivity index is 1.38. The van der Waals surface area contributed by atoms with Crippen LogP contribution in [-0.2, 0) is 0 Å². The van der Waals surface area contributed by atoms with E-state index in [0.717, 1.165) is 54.1 Å². The van der Waals surface area contributed by atoms with E-state index in [1.807, 2.05) is 0 Å². The van der Waals surface area contributed by atoms with Crippen LogP contribution in [0.15, 0.2) is 30.4 Å². The van der Waals surface area contributed by atoms with Crippen LogP contribution < -0.4 is 0 Å². The third-order valence-corrected chi connectivity index (χ3v) is 7.80. The molecule has 4 rings (SSSR count). The molecule has 0 heterocycles. The minimum atomic E-state index is -0.426. The summed E-state index contributed by atoms with van der Waals surface area (Å²) in [4.78, 5) is 0. The van der Waals surface area contributed by atoms with E-state index in [9.17, 15) is 8.78 Å². The van der Waals surface area contributed by atoms with Gasteiger partial charge in [0.25, 0.3) is 0 Å². The van der Waals surface area contributed by atoms with Crippen molar-refractivity contribution < 1.29 is 8.78 Å². The van der Waals surface area contributed by atoms with E-state index in [4.69, 9.17) is 0 Å². The third-order valence-electron chi connectivity index (χ3n) is 7.80. The van der Waals surface area contributed by atoms with E-state index < -0.39 is 11.6 Å². The molecule has 27 heavy (non-hydrogen) atoms. The molecule has 0 N–H and O–H groups in total. The van der Waals surface area contributed by atoms with Gasteiger partial charge in [0.05, 0.1) is 0 Å². The smallest absolute Gasteiger partial charge is 0.126 e. The summed E-state index contributed by atoms with van der Waals surface area (Å²) in [5, 5.41) is 0. The lowest BCUT2D eigenvalue weighted by molar-refractivity contribution is 0.0127. The van der Waals surface area contributed by atoms with E-state index >= 15 is 0 Å². The van der Waals surface area contributed by atoms with Gasteiger partial charge in [-0.15, -0.1) is 0 Å². The lowest BCUT2D eigenvalue weighted by atomic mass is 9.55. The van der Waals surface area contributed by atoms with Crippen LogP contribution in [0.25, 0.3) is 0 Å². The summed E-state index contributed by atoms with van der Waals surface area (Å²) < 4.78 is 27.3. The molecular weight excluding hydrogens is 338 g/mol. The summed E-state index contributed by atoms with van der Waals surface area (Å²) in [6, 6.07) is 4.12. The minimum absolute atomic E-state index is 0.348. The van der Waals surface area contributed by atoms with Crippen molar-refractivity contribution in [1.82, 2.24) is 0 Å². The first-order valence-electron chi connectivity index (χ1n) is 11.3. The van der Waals surface area contributed by atoms with Crippen molar-refractivity contribution in [2.45, 2.75) is 77.0 Å². The van der Waals surface area contributed by atoms with Gasteiger partial charge in [-0.2, -0.15) is 0 Å². The van der Waals surface area contributed by atoms with Gasteiger partial charge in [-0.05, 0) is 111 Å². The molecule has 0 saturated heterocycles. The monoisotopic (exact) mass is 372 g/mol. The van der Waals surface area contributed by atoms with Crippen LogP contribution in [0.4, 0.5) is 8.78 Å². The summed E-state index contributed by atoms with van der Waals surface area (Å²) in [7, 11) is 0. The molecule has 0 aliphatic heterocycles. The second kappa shape index (κ2) is 8.45. The molecule has 3 aliphatic carbocycles. The SMILES string of the molecule is CCCC=C[C@@H]1CC[C@H]2[C@H](CC[C@H]3C[C@H](c4cc(F)cc(F)c4)CC[C@@H]32)C1. The van der Waals surface area contributed by atoms with Gasteiger partial charge in [0.15, 0.2) is 0 Å². The molecular formula is C25H34F2. The predicted octanol–water partition coefficient (Wildman–Crippen LogP) is 7.65. The van der Waals surface area contributed by atoms with Crippen molar-refractivity contribution in [2.24, 2.45) is 29.6 Å². The molecule has 1 aromatic carbocycles. The average Bonchev–Trinajstić information content (AvgIpc) is 2.66. The van der Waals surface area contributed by atoms with Crippen molar-refractivity contribution in [3.63, 3.8) is 0 Å². The third kappa shape index (κ3) is 4.30. The van der Waals surface area contributed by atoms with Gasteiger partial charge in [-0.25, -0.2) is 8.78 Å². The van der Waals surface area contributed by atoms with Gasteiger partial charge in [0.2, 0.25) is 0 Å². The Hall–Kier alpha value is -1.18. The largest absolute Gasteiger partial charge is 0.207 e. The van der Waals surface area contributed by atoms with Gasteiger partial charge in [0, 0.05) is 6.07 Å². The van der Waals surface area contributed by atoms with Crippen LogP contribution in [0.1, 0.15) is 82.6 Å². The highest BCUT2D eigenvalue weighted by molar-refractivity contribution is 5.23. The fourth-order valence-electron chi connectivity index (χ4n) is 6.57. The van der Waals surface area contributed by atoms with Crippen molar-refractivity contribution in [3.8, 4) is 0 Å². The van der Waals surface area contributed by atoms with Gasteiger partial charge in [0.1, 0.15) is 11.6 Å². The normalized spacial score (nSPS) is 36.4. The Morgan fingerprint density at radius 3 is 2.22 bits per heavy atom. The number of hydrogen-bond donors (Lipinski definition) is 0. The lowest BCUT2D eigenvalue weighted by Crippen LogP contribution is -2.41. The highest BCUT2D eigenvalue weighted by Gasteiger charge is 2.44. The Morgan fingerprint density at radius 1 is 0.852 bits per heavy atom. The maximum absolute atomic E-state index is 13.6. The Labute approximate surface area is 163 Å². The van der Waals surface area contributed by atoms with E-state index in [2.05, 4.69) is 19.1 Å². The zero-order chi connectivity index (χ0) is 18.8. The van der Waals surface area contributed by atoms with Gasteiger partial charge in [-0.1, -0.05) is 25.5 Å². The molecule has 0 aromatic heterocycles. The second-order valence-corrected chi connectivity index (χ2v) is 9.43.